The molecule has 0 unspecified atom stereocenters. The van der Waals surface area contributed by atoms with Gasteiger partial charge in [0.1, 0.15) is 6.54 Å². The van der Waals surface area contributed by atoms with Crippen LogP contribution in [-0.4, -0.2) is 31.0 Å². The van der Waals surface area contributed by atoms with E-state index in [2.05, 4.69) is 5.10 Å². The number of carbonyl (C=O) groups is 1. The highest BCUT2D eigenvalue weighted by molar-refractivity contribution is 5.76. The Bertz CT molecular complexity index is 1080. The van der Waals surface area contributed by atoms with Crippen LogP contribution in [0.25, 0.3) is 5.65 Å². The van der Waals surface area contributed by atoms with E-state index in [0.717, 1.165) is 23.6 Å². The van der Waals surface area contributed by atoms with Gasteiger partial charge in [0.05, 0.1) is 5.56 Å². The van der Waals surface area contributed by atoms with Crippen LogP contribution in [0.5, 0.6) is 0 Å². The van der Waals surface area contributed by atoms with Gasteiger partial charge in [0.25, 0.3) is 0 Å². The maximum absolute atomic E-state index is 13.3. The molecule has 0 radical (unpaired) electrons. The minimum Gasteiger partial charge on any atom is -0.334 e. The Morgan fingerprint density at radius 1 is 1.14 bits per heavy atom. The molecular formula is C19H17F3N4O2. The first-order chi connectivity index (χ1) is 13.3. The second-order valence-electron chi connectivity index (χ2n) is 6.78. The summed E-state index contributed by atoms with van der Waals surface area (Å²) in [5.74, 6) is -0.426. The fourth-order valence-electron chi connectivity index (χ4n) is 3.22. The Hall–Kier alpha value is -3.10. The van der Waals surface area contributed by atoms with Gasteiger partial charge in [-0.2, -0.15) is 13.2 Å². The molecular weight excluding hydrogens is 373 g/mol. The minimum absolute atomic E-state index is 0.0394. The van der Waals surface area contributed by atoms with Gasteiger partial charge in [-0.3, -0.25) is 9.20 Å². The maximum Gasteiger partial charge on any atom is 0.416 e. The first kappa shape index (κ1) is 18.3. The lowest BCUT2D eigenvalue weighted by molar-refractivity contribution is -0.140. The molecule has 0 N–H and O–H groups in total. The van der Waals surface area contributed by atoms with Crippen molar-refractivity contribution in [3.8, 4) is 0 Å². The number of benzene rings is 1. The average Bonchev–Trinajstić information content (AvgIpc) is 3.45. The second-order valence-corrected chi connectivity index (χ2v) is 6.78. The third kappa shape index (κ3) is 3.51. The van der Waals surface area contributed by atoms with Gasteiger partial charge in [-0.25, -0.2) is 9.48 Å². The number of nitrogens with zero attached hydrogens (tertiary/aromatic N) is 4. The summed E-state index contributed by atoms with van der Waals surface area (Å²) in [5.41, 5.74) is -0.771. The van der Waals surface area contributed by atoms with Gasteiger partial charge in [-0.15, -0.1) is 5.10 Å². The van der Waals surface area contributed by atoms with Crippen molar-refractivity contribution >= 4 is 11.6 Å². The second kappa shape index (κ2) is 6.81. The van der Waals surface area contributed by atoms with Crippen LogP contribution >= 0.6 is 0 Å². The van der Waals surface area contributed by atoms with E-state index in [1.165, 1.54) is 27.5 Å². The molecule has 0 aliphatic heterocycles. The highest BCUT2D eigenvalue weighted by Gasteiger charge is 2.37. The third-order valence-corrected chi connectivity index (χ3v) is 4.74. The number of amides is 1. The molecule has 9 heteroatoms. The third-order valence-electron chi connectivity index (χ3n) is 4.74. The molecule has 0 spiro atoms. The topological polar surface area (TPSA) is 59.6 Å². The predicted octanol–water partition coefficient (Wildman–Crippen LogP) is 2.71. The van der Waals surface area contributed by atoms with Crippen molar-refractivity contribution in [1.82, 2.24) is 19.1 Å². The summed E-state index contributed by atoms with van der Waals surface area (Å²) >= 11 is 0. The SMILES string of the molecule is O=C(Cn1nc2ccccn2c1=O)N(Cc1ccccc1C(F)(F)F)C1CC1. The molecule has 1 aliphatic carbocycles. The zero-order valence-electron chi connectivity index (χ0n) is 14.8. The molecule has 1 saturated carbocycles. The van der Waals surface area contributed by atoms with Gasteiger partial charge in [-0.1, -0.05) is 24.3 Å². The largest absolute Gasteiger partial charge is 0.416 e. The summed E-state index contributed by atoms with van der Waals surface area (Å²) in [6.07, 6.45) is -1.47. The summed E-state index contributed by atoms with van der Waals surface area (Å²) in [4.78, 5) is 26.6. The molecule has 1 aromatic carbocycles. The van der Waals surface area contributed by atoms with Crippen LogP contribution in [0, 0.1) is 0 Å². The van der Waals surface area contributed by atoms with Gasteiger partial charge in [-0.05, 0) is 36.6 Å². The van der Waals surface area contributed by atoms with Crippen LogP contribution in [-0.2, 0) is 24.1 Å². The molecule has 1 aliphatic rings. The van der Waals surface area contributed by atoms with Crippen LogP contribution < -0.4 is 5.69 Å². The molecule has 0 saturated heterocycles. The van der Waals surface area contributed by atoms with Crippen molar-refractivity contribution in [3.05, 3.63) is 70.3 Å². The van der Waals surface area contributed by atoms with Gasteiger partial charge < -0.3 is 4.90 Å². The first-order valence-electron chi connectivity index (χ1n) is 8.83. The van der Waals surface area contributed by atoms with E-state index >= 15 is 0 Å². The van der Waals surface area contributed by atoms with Gasteiger partial charge in [0, 0.05) is 18.8 Å². The molecule has 0 atom stereocenters. The summed E-state index contributed by atoms with van der Waals surface area (Å²) < 4.78 is 42.2. The van der Waals surface area contributed by atoms with E-state index in [0.29, 0.717) is 5.65 Å². The number of carbonyl (C=O) groups excluding carboxylic acids is 1. The van der Waals surface area contributed by atoms with Crippen LogP contribution in [0.3, 0.4) is 0 Å². The lowest BCUT2D eigenvalue weighted by Gasteiger charge is -2.24. The van der Waals surface area contributed by atoms with Crippen LogP contribution in [0.1, 0.15) is 24.0 Å². The molecule has 1 amide bonds. The lowest BCUT2D eigenvalue weighted by atomic mass is 10.1. The van der Waals surface area contributed by atoms with Crippen LogP contribution in [0.2, 0.25) is 0 Å². The highest BCUT2D eigenvalue weighted by atomic mass is 19.4. The normalized spacial score (nSPS) is 14.4. The Morgan fingerprint density at radius 2 is 1.86 bits per heavy atom. The zero-order valence-corrected chi connectivity index (χ0v) is 14.8. The number of rotatable bonds is 5. The van der Waals surface area contributed by atoms with E-state index in [-0.39, 0.29) is 24.7 Å². The van der Waals surface area contributed by atoms with Crippen molar-refractivity contribution in [2.75, 3.05) is 0 Å². The maximum atomic E-state index is 13.3. The van der Waals surface area contributed by atoms with Crippen LogP contribution in [0.15, 0.2) is 53.5 Å². The summed E-state index contributed by atoms with van der Waals surface area (Å²) in [5, 5.41) is 4.12. The number of halogens is 3. The number of fused-ring (bicyclic) bond motifs is 1. The Balaban J connectivity index is 1.60. The molecule has 146 valence electrons. The quantitative estimate of drug-likeness (QED) is 0.673. The van der Waals surface area contributed by atoms with E-state index < -0.39 is 23.3 Å². The Kier molecular flexibility index (Phi) is 4.44. The summed E-state index contributed by atoms with van der Waals surface area (Å²) in [6.45, 7) is -0.466. The number of pyridine rings is 1. The number of hydrogen-bond donors (Lipinski definition) is 0. The smallest absolute Gasteiger partial charge is 0.334 e. The summed E-state index contributed by atoms with van der Waals surface area (Å²) in [6, 6.07) is 10.2. The van der Waals surface area contributed by atoms with E-state index in [1.54, 1.807) is 24.4 Å². The molecule has 4 rings (SSSR count). The molecule has 28 heavy (non-hydrogen) atoms. The standard InChI is InChI=1S/C19H17F3N4O2/c20-19(21,22)15-6-2-1-5-13(15)11-25(14-8-9-14)17(27)12-26-18(28)24-10-4-3-7-16(24)23-26/h1-7,10,14H,8-9,11-12H2. The molecule has 3 aromatic rings. The predicted molar refractivity (Wildman–Crippen MR) is 94.5 cm³/mol. The highest BCUT2D eigenvalue weighted by Crippen LogP contribution is 2.34. The molecule has 2 aromatic heterocycles. The van der Waals surface area contributed by atoms with E-state index in [1.807, 2.05) is 0 Å². The molecule has 1 fully saturated rings. The number of hydrogen-bond acceptors (Lipinski definition) is 3. The molecule has 6 nitrogen and oxygen atoms in total. The van der Waals surface area contributed by atoms with Gasteiger partial charge >= 0.3 is 11.9 Å². The molecule has 2 heterocycles. The first-order valence-corrected chi connectivity index (χ1v) is 8.83. The zero-order chi connectivity index (χ0) is 19.9. The van der Waals surface area contributed by atoms with Gasteiger partial charge in [0.2, 0.25) is 5.91 Å². The molecule has 0 bridgehead atoms. The van der Waals surface area contributed by atoms with E-state index in [4.69, 9.17) is 0 Å². The lowest BCUT2D eigenvalue weighted by Crippen LogP contribution is -2.38. The van der Waals surface area contributed by atoms with Crippen LogP contribution in [0.4, 0.5) is 13.2 Å². The summed E-state index contributed by atoms with van der Waals surface area (Å²) in [7, 11) is 0. The van der Waals surface area contributed by atoms with Crippen molar-refractivity contribution in [2.45, 2.75) is 38.1 Å². The van der Waals surface area contributed by atoms with Gasteiger partial charge in [0.15, 0.2) is 5.65 Å². The fraction of sp³-hybridized carbons (Fsp3) is 0.316. The number of aromatic nitrogens is 3. The Labute approximate surface area is 157 Å². The van der Waals surface area contributed by atoms with Crippen molar-refractivity contribution < 1.29 is 18.0 Å². The fourth-order valence-corrected chi connectivity index (χ4v) is 3.22. The van der Waals surface area contributed by atoms with Crippen molar-refractivity contribution in [2.24, 2.45) is 0 Å². The van der Waals surface area contributed by atoms with E-state index in [9.17, 15) is 22.8 Å². The Morgan fingerprint density at radius 3 is 2.54 bits per heavy atom. The van der Waals surface area contributed by atoms with Crippen molar-refractivity contribution in [3.63, 3.8) is 0 Å². The average molecular weight is 390 g/mol. The monoisotopic (exact) mass is 390 g/mol. The van der Waals surface area contributed by atoms with Crippen molar-refractivity contribution in [1.29, 1.82) is 0 Å². The number of alkyl halides is 3. The minimum atomic E-state index is -4.49.